The number of hydrogen-bond donors (Lipinski definition) is 2. The second-order valence-corrected chi connectivity index (χ2v) is 2.34. The molecule has 2 heterocycles. The number of hydrogen-bond acceptors (Lipinski definition) is 1. The fraction of sp³-hybridized carbons (Fsp3) is 0.500. The number of aryl methyl sites for hydroxylation is 1. The molecule has 2 rings (SSSR count). The number of aromatic nitrogens is 2. The van der Waals surface area contributed by atoms with E-state index in [1.54, 1.807) is 0 Å². The molecule has 3 N–H and O–H groups in total. The lowest BCUT2D eigenvalue weighted by Crippen LogP contribution is -2.10. The molecule has 1 aliphatic rings. The summed E-state index contributed by atoms with van der Waals surface area (Å²) in [4.78, 5) is 0. The molecular formula is C6H10N3+. The summed E-state index contributed by atoms with van der Waals surface area (Å²) in [5.74, 6) is 0. The highest BCUT2D eigenvalue weighted by Gasteiger charge is 2.11. The summed E-state index contributed by atoms with van der Waals surface area (Å²) < 4.78 is 0. The quantitative estimate of drug-likeness (QED) is 0.509. The zero-order chi connectivity index (χ0) is 6.10. The Morgan fingerprint density at radius 3 is 3.44 bits per heavy atom. The highest BCUT2D eigenvalue weighted by atomic mass is 15.1. The van der Waals surface area contributed by atoms with Crippen molar-refractivity contribution in [1.29, 1.82) is 0 Å². The van der Waals surface area contributed by atoms with Gasteiger partial charge in [-0.25, -0.2) is 0 Å². The van der Waals surface area contributed by atoms with E-state index in [0.717, 1.165) is 6.54 Å². The molecule has 0 bridgehead atoms. The van der Waals surface area contributed by atoms with Crippen molar-refractivity contribution in [2.75, 3.05) is 11.9 Å². The molecule has 1 aromatic heterocycles. The molecule has 9 heavy (non-hydrogen) atoms. The summed E-state index contributed by atoms with van der Waals surface area (Å²) in [6.45, 7) is 1.11. The lowest BCUT2D eigenvalue weighted by molar-refractivity contribution is -0.449. The van der Waals surface area contributed by atoms with Crippen LogP contribution in [-0.2, 0) is 6.42 Å². The van der Waals surface area contributed by atoms with E-state index in [2.05, 4.69) is 15.5 Å². The largest absolute Gasteiger partial charge is 0.379 e. The zero-order valence-electron chi connectivity index (χ0n) is 5.20. The van der Waals surface area contributed by atoms with E-state index >= 15 is 0 Å². The maximum atomic E-state index is 3.28. The maximum absolute atomic E-state index is 3.28. The van der Waals surface area contributed by atoms with Crippen LogP contribution in [0.3, 0.4) is 0 Å². The van der Waals surface area contributed by atoms with E-state index in [-0.39, 0.29) is 0 Å². The second kappa shape index (κ2) is 1.76. The van der Waals surface area contributed by atoms with Gasteiger partial charge in [-0.3, -0.25) is 0 Å². The Hall–Kier alpha value is -0.990. The van der Waals surface area contributed by atoms with Crippen LogP contribution in [0.15, 0.2) is 6.20 Å². The number of fused-ring (bicyclic) bond motifs is 1. The minimum absolute atomic E-state index is 1.11. The molecule has 1 aromatic rings. The Morgan fingerprint density at radius 2 is 2.56 bits per heavy atom. The molecule has 0 atom stereocenters. The lowest BCUT2D eigenvalue weighted by Gasteiger charge is -2.08. The Balaban J connectivity index is 2.39. The summed E-state index contributed by atoms with van der Waals surface area (Å²) in [6, 6.07) is 0. The van der Waals surface area contributed by atoms with Gasteiger partial charge in [-0.2, -0.15) is 5.10 Å². The van der Waals surface area contributed by atoms with E-state index < -0.39 is 0 Å². The van der Waals surface area contributed by atoms with Gasteiger partial charge in [0, 0.05) is 6.54 Å². The van der Waals surface area contributed by atoms with Crippen molar-refractivity contribution < 1.29 is 5.10 Å². The third-order valence-corrected chi connectivity index (χ3v) is 1.68. The third-order valence-electron chi connectivity index (χ3n) is 1.68. The van der Waals surface area contributed by atoms with Gasteiger partial charge >= 0.3 is 0 Å². The molecule has 0 fully saturated rings. The molecule has 0 saturated heterocycles. The fourth-order valence-electron chi connectivity index (χ4n) is 1.19. The molecule has 0 spiro atoms. The van der Waals surface area contributed by atoms with E-state index in [0.29, 0.717) is 0 Å². The molecule has 48 valence electrons. The van der Waals surface area contributed by atoms with Crippen molar-refractivity contribution in [3.63, 3.8) is 0 Å². The summed E-state index contributed by atoms with van der Waals surface area (Å²) >= 11 is 0. The third kappa shape index (κ3) is 0.686. The van der Waals surface area contributed by atoms with Gasteiger partial charge in [0.15, 0.2) is 0 Å². The van der Waals surface area contributed by atoms with Crippen molar-refractivity contribution in [2.45, 2.75) is 12.8 Å². The molecule has 0 unspecified atom stereocenters. The number of anilines is 1. The summed E-state index contributed by atoms with van der Waals surface area (Å²) in [6.07, 6.45) is 4.38. The van der Waals surface area contributed by atoms with Crippen molar-refractivity contribution in [3.05, 3.63) is 11.9 Å². The van der Waals surface area contributed by atoms with E-state index in [4.69, 9.17) is 0 Å². The highest BCUT2D eigenvalue weighted by Crippen LogP contribution is 2.15. The SMILES string of the molecule is c1[nH+][nH]c2c1NCCC2. The van der Waals surface area contributed by atoms with Gasteiger partial charge in [0.1, 0.15) is 11.4 Å². The van der Waals surface area contributed by atoms with Gasteiger partial charge in [-0.15, -0.1) is 5.10 Å². The van der Waals surface area contributed by atoms with Gasteiger partial charge in [0.2, 0.25) is 6.20 Å². The molecule has 0 amide bonds. The Labute approximate surface area is 53.5 Å². The van der Waals surface area contributed by atoms with Crippen LogP contribution >= 0.6 is 0 Å². The number of aromatic amines is 2. The van der Waals surface area contributed by atoms with Crippen LogP contribution in [-0.4, -0.2) is 11.6 Å². The van der Waals surface area contributed by atoms with Crippen LogP contribution in [0.5, 0.6) is 0 Å². The number of H-pyrrole nitrogens is 2. The number of nitrogens with one attached hydrogen (secondary N) is 3. The molecule has 0 radical (unpaired) electrons. The van der Waals surface area contributed by atoms with Crippen molar-refractivity contribution in [3.8, 4) is 0 Å². The van der Waals surface area contributed by atoms with Gasteiger partial charge in [0.05, 0.1) is 0 Å². The predicted octanol–water partition coefficient (Wildman–Crippen LogP) is 0.187. The van der Waals surface area contributed by atoms with E-state index in [1.807, 2.05) is 6.20 Å². The van der Waals surface area contributed by atoms with Crippen molar-refractivity contribution in [1.82, 2.24) is 5.10 Å². The monoisotopic (exact) mass is 124 g/mol. The molecule has 3 heteroatoms. The molecule has 0 saturated carbocycles. The molecular weight excluding hydrogens is 114 g/mol. The van der Waals surface area contributed by atoms with Gasteiger partial charge in [-0.05, 0) is 12.8 Å². The molecule has 0 aromatic carbocycles. The van der Waals surface area contributed by atoms with Gasteiger partial charge in [0.25, 0.3) is 0 Å². The first-order chi connectivity index (χ1) is 4.47. The molecule has 3 nitrogen and oxygen atoms in total. The van der Waals surface area contributed by atoms with Gasteiger partial charge in [-0.1, -0.05) is 0 Å². The van der Waals surface area contributed by atoms with E-state index in [1.165, 1.54) is 24.2 Å². The van der Waals surface area contributed by atoms with Crippen molar-refractivity contribution >= 4 is 5.69 Å². The van der Waals surface area contributed by atoms with Crippen LogP contribution in [0.1, 0.15) is 12.1 Å². The Kier molecular flexibility index (Phi) is 0.946. The molecule has 1 aliphatic heterocycles. The summed E-state index contributed by atoms with van der Waals surface area (Å²) in [5.41, 5.74) is 2.54. The molecule has 0 aliphatic carbocycles. The maximum Gasteiger partial charge on any atom is 0.216 e. The topological polar surface area (TPSA) is 42.0 Å². The number of rotatable bonds is 0. The Morgan fingerprint density at radius 1 is 1.56 bits per heavy atom. The van der Waals surface area contributed by atoms with Gasteiger partial charge < -0.3 is 5.32 Å². The second-order valence-electron chi connectivity index (χ2n) is 2.34. The first kappa shape index (κ1) is 4.85. The first-order valence-corrected chi connectivity index (χ1v) is 3.28. The first-order valence-electron chi connectivity index (χ1n) is 3.28. The lowest BCUT2D eigenvalue weighted by atomic mass is 10.1. The highest BCUT2D eigenvalue weighted by molar-refractivity contribution is 5.45. The Bertz CT molecular complexity index is 183. The van der Waals surface area contributed by atoms with E-state index in [9.17, 15) is 0 Å². The normalized spacial score (nSPS) is 16.4. The van der Waals surface area contributed by atoms with Crippen LogP contribution in [0, 0.1) is 0 Å². The minimum atomic E-state index is 1.11. The fourth-order valence-corrected chi connectivity index (χ4v) is 1.19. The average Bonchev–Trinajstić information content (AvgIpc) is 2.33. The van der Waals surface area contributed by atoms with Crippen LogP contribution < -0.4 is 10.4 Å². The smallest absolute Gasteiger partial charge is 0.216 e. The average molecular weight is 124 g/mol. The van der Waals surface area contributed by atoms with Crippen LogP contribution in [0.2, 0.25) is 0 Å². The van der Waals surface area contributed by atoms with Crippen LogP contribution in [0.25, 0.3) is 0 Å². The zero-order valence-corrected chi connectivity index (χ0v) is 5.20. The standard InChI is InChI=1S/C6H9N3/c1-2-5-6(7-3-1)4-8-9-5/h4,7H,1-3H2,(H,8,9)/p+1. The van der Waals surface area contributed by atoms with Crippen molar-refractivity contribution in [2.24, 2.45) is 0 Å². The summed E-state index contributed by atoms with van der Waals surface area (Å²) in [7, 11) is 0. The predicted molar refractivity (Wildman–Crippen MR) is 34.2 cm³/mol. The summed E-state index contributed by atoms with van der Waals surface area (Å²) in [5, 5.41) is 9.30. The minimum Gasteiger partial charge on any atom is -0.379 e. The van der Waals surface area contributed by atoms with Crippen LogP contribution in [0.4, 0.5) is 5.69 Å².